The minimum absolute atomic E-state index is 0.149. The molecule has 0 saturated carbocycles. The number of hydrogen-bond donors (Lipinski definition) is 0. The van der Waals surface area contributed by atoms with E-state index in [9.17, 15) is 0 Å². The zero-order valence-electron chi connectivity index (χ0n) is 24.5. The molecule has 0 spiro atoms. The molecule has 0 unspecified atom stereocenters. The van der Waals surface area contributed by atoms with Crippen LogP contribution in [0.3, 0.4) is 0 Å². The summed E-state index contributed by atoms with van der Waals surface area (Å²) >= 11 is 0. The van der Waals surface area contributed by atoms with Gasteiger partial charge in [-0.15, -0.1) is 0 Å². The van der Waals surface area contributed by atoms with Crippen molar-refractivity contribution in [3.8, 4) is 0 Å². The van der Waals surface area contributed by atoms with Gasteiger partial charge >= 0.3 is 0 Å². The van der Waals surface area contributed by atoms with Crippen LogP contribution in [0.25, 0.3) is 0 Å². The zero-order chi connectivity index (χ0) is 26.0. The Labute approximate surface area is 202 Å². The molecule has 2 aromatic rings. The summed E-state index contributed by atoms with van der Waals surface area (Å²) in [5.41, 5.74) is 6.14. The molecular weight excluding hydrogens is 386 g/mol. The number of nitrogens with zero attached hydrogens (tertiary/aromatic N) is 1. The molecule has 1 heteroatoms. The van der Waals surface area contributed by atoms with Crippen molar-refractivity contribution >= 4 is 0 Å². The molecule has 1 aromatic carbocycles. The number of hydrogen-bond acceptors (Lipinski definition) is 1. The molecule has 1 nitrogen and oxygen atoms in total. The van der Waals surface area contributed by atoms with Gasteiger partial charge < -0.3 is 0 Å². The molecule has 0 aliphatic heterocycles. The van der Waals surface area contributed by atoms with Crippen molar-refractivity contribution in [2.24, 2.45) is 0 Å². The van der Waals surface area contributed by atoms with E-state index in [2.05, 4.69) is 124 Å². The molecule has 184 valence electrons. The molecule has 0 aliphatic rings. The molecule has 0 N–H and O–H groups in total. The van der Waals surface area contributed by atoms with E-state index < -0.39 is 0 Å². The first-order valence-electron chi connectivity index (χ1n) is 12.5. The minimum atomic E-state index is 0.149. The summed E-state index contributed by atoms with van der Waals surface area (Å²) in [4.78, 5) is 4.52. The topological polar surface area (TPSA) is 12.9 Å². The quantitative estimate of drug-likeness (QED) is 0.396. The van der Waals surface area contributed by atoms with E-state index in [0.717, 1.165) is 5.69 Å². The van der Waals surface area contributed by atoms with Crippen LogP contribution >= 0.6 is 0 Å². The maximum Gasteiger partial charge on any atom is 0.0457 e. The maximum absolute atomic E-state index is 4.52. The van der Waals surface area contributed by atoms with Gasteiger partial charge in [-0.3, -0.25) is 4.98 Å². The van der Waals surface area contributed by atoms with Crippen LogP contribution in [0.2, 0.25) is 0 Å². The molecule has 0 radical (unpaired) electrons. The van der Waals surface area contributed by atoms with Gasteiger partial charge in [0.2, 0.25) is 0 Å². The summed E-state index contributed by atoms with van der Waals surface area (Å²) in [7, 11) is 0. The molecule has 0 aliphatic carbocycles. The Bertz CT molecular complexity index is 589. The van der Waals surface area contributed by atoms with E-state index in [-0.39, 0.29) is 21.7 Å². The van der Waals surface area contributed by atoms with Crippen molar-refractivity contribution in [1.82, 2.24) is 4.98 Å². The fourth-order valence-corrected chi connectivity index (χ4v) is 2.75. The summed E-state index contributed by atoms with van der Waals surface area (Å²) in [5, 5.41) is 0. The molecule has 1 heterocycles. The lowest BCUT2D eigenvalue weighted by Crippen LogP contribution is -2.16. The predicted molar refractivity (Wildman–Crippen MR) is 148 cm³/mol. The third-order valence-electron chi connectivity index (χ3n) is 5.01. The Morgan fingerprint density at radius 1 is 0.406 bits per heavy atom. The van der Waals surface area contributed by atoms with Gasteiger partial charge in [-0.2, -0.15) is 0 Å². The Balaban J connectivity index is 0. The maximum atomic E-state index is 4.52. The van der Waals surface area contributed by atoms with Crippen LogP contribution in [-0.2, 0) is 21.7 Å². The summed E-state index contributed by atoms with van der Waals surface area (Å²) in [6.07, 6.45) is 2.00. The lowest BCUT2D eigenvalue weighted by atomic mass is 9.82. The molecule has 32 heavy (non-hydrogen) atoms. The first kappa shape index (κ1) is 32.5. The van der Waals surface area contributed by atoms with Crippen molar-refractivity contribution in [1.29, 1.82) is 0 Å². The van der Waals surface area contributed by atoms with Gasteiger partial charge in [-0.25, -0.2) is 0 Å². The third-order valence-corrected chi connectivity index (χ3v) is 5.01. The van der Waals surface area contributed by atoms with Gasteiger partial charge in [0.05, 0.1) is 0 Å². The first-order chi connectivity index (χ1) is 14.4. The van der Waals surface area contributed by atoms with Crippen molar-refractivity contribution in [2.75, 3.05) is 0 Å². The highest BCUT2D eigenvalue weighted by Crippen LogP contribution is 2.27. The predicted octanol–water partition coefficient (Wildman–Crippen LogP) is 10.0. The van der Waals surface area contributed by atoms with E-state index in [4.69, 9.17) is 0 Å². The fraction of sp³-hybridized carbons (Fsp3) is 0.645. The highest BCUT2D eigenvalue weighted by atomic mass is 14.7. The Kier molecular flexibility index (Phi) is 13.4. The van der Waals surface area contributed by atoms with Gasteiger partial charge in [-0.05, 0) is 39.0 Å². The molecular formula is C31H55N. The first-order valence-corrected chi connectivity index (χ1v) is 12.5. The number of benzene rings is 1. The van der Waals surface area contributed by atoms with Crippen LogP contribution in [0.1, 0.15) is 133 Å². The van der Waals surface area contributed by atoms with E-state index >= 15 is 0 Å². The van der Waals surface area contributed by atoms with Crippen LogP contribution in [-0.4, -0.2) is 4.98 Å². The van der Waals surface area contributed by atoms with Crippen LogP contribution < -0.4 is 0 Å². The van der Waals surface area contributed by atoms with Gasteiger partial charge in [0.15, 0.2) is 0 Å². The molecule has 0 bridgehead atoms. The van der Waals surface area contributed by atoms with Crippen molar-refractivity contribution in [2.45, 2.75) is 132 Å². The van der Waals surface area contributed by atoms with Crippen molar-refractivity contribution < 1.29 is 0 Å². The van der Waals surface area contributed by atoms with Crippen LogP contribution in [0, 0.1) is 0 Å². The second kappa shape index (κ2) is 13.2. The second-order valence-electron chi connectivity index (χ2n) is 12.0. The fourth-order valence-electron chi connectivity index (χ4n) is 2.75. The van der Waals surface area contributed by atoms with E-state index in [1.165, 1.54) is 16.7 Å². The van der Waals surface area contributed by atoms with Gasteiger partial charge in [0, 0.05) is 17.3 Å². The molecule has 1 aromatic heterocycles. The lowest BCUT2D eigenvalue weighted by molar-refractivity contribution is 0.556. The lowest BCUT2D eigenvalue weighted by Gasteiger charge is -2.23. The number of rotatable bonds is 0. The van der Waals surface area contributed by atoms with E-state index in [0.29, 0.717) is 0 Å². The van der Waals surface area contributed by atoms with E-state index in [1.54, 1.807) is 0 Å². The minimum Gasteiger partial charge on any atom is -0.260 e. The monoisotopic (exact) mass is 441 g/mol. The summed E-state index contributed by atoms with van der Waals surface area (Å²) in [5.74, 6) is 0. The standard InChI is InChI=1S/C14H22.C13H21N.2C2H6/c1-13(2,3)11-7-9-12(10-8-11)14(4,5)6;1-12(2,3)10-7-8-11(14-9-10)13(4,5)6;2*1-2/h7-10H,1-6H3;7-9H,1-6H3;2*1-2H3. The van der Waals surface area contributed by atoms with Gasteiger partial charge in [0.25, 0.3) is 0 Å². The van der Waals surface area contributed by atoms with Crippen LogP contribution in [0.4, 0.5) is 0 Å². The van der Waals surface area contributed by atoms with E-state index in [1.807, 2.05) is 33.9 Å². The van der Waals surface area contributed by atoms with Crippen molar-refractivity contribution in [3.05, 3.63) is 65.0 Å². The zero-order valence-corrected chi connectivity index (χ0v) is 24.5. The summed E-state index contributed by atoms with van der Waals surface area (Å²) in [6.45, 7) is 34.7. The second-order valence-corrected chi connectivity index (χ2v) is 12.0. The molecule has 2 rings (SSSR count). The largest absolute Gasteiger partial charge is 0.260 e. The van der Waals surface area contributed by atoms with Crippen molar-refractivity contribution in [3.63, 3.8) is 0 Å². The Morgan fingerprint density at radius 3 is 0.875 bits per heavy atom. The van der Waals surface area contributed by atoms with Crippen LogP contribution in [0.5, 0.6) is 0 Å². The summed E-state index contributed by atoms with van der Waals surface area (Å²) in [6, 6.07) is 13.3. The Morgan fingerprint density at radius 2 is 0.688 bits per heavy atom. The third kappa shape index (κ3) is 11.8. The highest BCUT2D eigenvalue weighted by Gasteiger charge is 2.18. The smallest absolute Gasteiger partial charge is 0.0457 e. The molecule has 0 amide bonds. The average Bonchev–Trinajstić information content (AvgIpc) is 2.69. The summed E-state index contributed by atoms with van der Waals surface area (Å²) < 4.78 is 0. The average molecular weight is 442 g/mol. The van der Waals surface area contributed by atoms with Gasteiger partial charge in [0.1, 0.15) is 0 Å². The highest BCUT2D eigenvalue weighted by molar-refractivity contribution is 5.31. The molecule has 0 atom stereocenters. The number of aromatic nitrogens is 1. The number of pyridine rings is 1. The van der Waals surface area contributed by atoms with Gasteiger partial charge in [-0.1, -0.05) is 141 Å². The van der Waals surface area contributed by atoms with Crippen LogP contribution in [0.15, 0.2) is 42.6 Å². The normalized spacial score (nSPS) is 11.8. The SMILES string of the molecule is CC.CC.CC(C)(C)c1ccc(C(C)(C)C)cc1.CC(C)(C)c1ccc(C(C)(C)C)nc1. The Hall–Kier alpha value is -1.63. The molecule has 0 saturated heterocycles. The molecule has 0 fully saturated rings.